The number of methoxy groups -OCH3 is 1. The Bertz CT molecular complexity index is 894. The van der Waals surface area contributed by atoms with Crippen LogP contribution in [0, 0.1) is 0 Å². The maximum atomic E-state index is 12.5. The molecule has 2 rings (SSSR count). The fourth-order valence-corrected chi connectivity index (χ4v) is 2.62. The molecular formula is C22H25N3O4. The number of carbonyl (C=O) groups is 3. The van der Waals surface area contributed by atoms with Gasteiger partial charge in [0.25, 0.3) is 0 Å². The van der Waals surface area contributed by atoms with E-state index in [2.05, 4.69) is 10.6 Å². The molecule has 0 unspecified atom stereocenters. The number of carbonyl (C=O) groups excluding carboxylic acids is 3. The molecule has 3 amide bonds. The van der Waals surface area contributed by atoms with Crippen LogP contribution in [0.15, 0.2) is 60.7 Å². The first-order valence-electron chi connectivity index (χ1n) is 9.06. The molecule has 2 aromatic rings. The van der Waals surface area contributed by atoms with E-state index in [0.717, 1.165) is 5.56 Å². The van der Waals surface area contributed by atoms with Gasteiger partial charge in [0.05, 0.1) is 7.11 Å². The van der Waals surface area contributed by atoms with E-state index in [1.807, 2.05) is 0 Å². The zero-order valence-corrected chi connectivity index (χ0v) is 16.6. The van der Waals surface area contributed by atoms with Crippen molar-refractivity contribution in [3.8, 4) is 5.75 Å². The number of nitrogens with one attached hydrogen (secondary N) is 2. The molecule has 0 saturated heterocycles. The molecule has 0 heterocycles. The highest BCUT2D eigenvalue weighted by Gasteiger charge is 2.36. The van der Waals surface area contributed by atoms with Crippen LogP contribution in [0.1, 0.15) is 25.0 Å². The van der Waals surface area contributed by atoms with Gasteiger partial charge < -0.3 is 21.1 Å². The lowest BCUT2D eigenvalue weighted by molar-refractivity contribution is -0.133. The van der Waals surface area contributed by atoms with Crippen molar-refractivity contribution in [2.24, 2.45) is 5.73 Å². The molecule has 0 saturated carbocycles. The number of hydrogen-bond acceptors (Lipinski definition) is 4. The Hall–Kier alpha value is -3.61. The first-order valence-corrected chi connectivity index (χ1v) is 9.06. The summed E-state index contributed by atoms with van der Waals surface area (Å²) in [5.41, 5.74) is 5.49. The van der Waals surface area contributed by atoms with Gasteiger partial charge in [-0.2, -0.15) is 0 Å². The van der Waals surface area contributed by atoms with Crippen molar-refractivity contribution in [2.75, 3.05) is 7.11 Å². The average Bonchev–Trinajstić information content (AvgIpc) is 2.72. The number of ether oxygens (including phenoxy) is 1. The van der Waals surface area contributed by atoms with Crippen molar-refractivity contribution in [3.05, 3.63) is 71.8 Å². The maximum Gasteiger partial charge on any atom is 0.247 e. The third-order valence-corrected chi connectivity index (χ3v) is 4.51. The van der Waals surface area contributed by atoms with Gasteiger partial charge in [0.2, 0.25) is 17.7 Å². The molecule has 0 bridgehead atoms. The van der Waals surface area contributed by atoms with E-state index in [4.69, 9.17) is 10.5 Å². The van der Waals surface area contributed by atoms with Crippen molar-refractivity contribution in [1.82, 2.24) is 10.6 Å². The van der Waals surface area contributed by atoms with Crippen LogP contribution in [0.4, 0.5) is 0 Å². The Morgan fingerprint density at radius 2 is 1.69 bits per heavy atom. The molecule has 0 aliphatic rings. The summed E-state index contributed by atoms with van der Waals surface area (Å²) in [4.78, 5) is 36.7. The first-order chi connectivity index (χ1) is 13.8. The minimum absolute atomic E-state index is 0.441. The van der Waals surface area contributed by atoms with Gasteiger partial charge in [-0.1, -0.05) is 42.5 Å². The predicted octanol–water partition coefficient (Wildman–Crippen LogP) is 1.73. The summed E-state index contributed by atoms with van der Waals surface area (Å²) in [6.07, 6.45) is 2.95. The summed E-state index contributed by atoms with van der Waals surface area (Å²) in [6, 6.07) is 15.0. The van der Waals surface area contributed by atoms with Crippen LogP contribution < -0.4 is 21.1 Å². The molecule has 152 valence electrons. The molecule has 0 aliphatic heterocycles. The van der Waals surface area contributed by atoms with Gasteiger partial charge in [0, 0.05) is 6.08 Å². The molecule has 0 fully saturated rings. The number of primary amides is 1. The summed E-state index contributed by atoms with van der Waals surface area (Å²) < 4.78 is 5.08. The van der Waals surface area contributed by atoms with Crippen LogP contribution >= 0.6 is 0 Å². The number of amides is 3. The molecule has 2 atom stereocenters. The molecule has 2 aromatic carbocycles. The fourth-order valence-electron chi connectivity index (χ4n) is 2.62. The summed E-state index contributed by atoms with van der Waals surface area (Å²) in [7, 11) is 1.58. The standard InChI is InChI=1S/C22H25N3O4/c1-15(24-19(26)14-11-16-9-12-18(29-3)13-10-16)20(27)25-22(2,21(23)28)17-7-5-4-6-8-17/h4-15H,1-3H3,(H2,23,28)(H,24,26)(H,25,27)/b14-11-/t15-,22+/m1/s1. The lowest BCUT2D eigenvalue weighted by Crippen LogP contribution is -2.57. The van der Waals surface area contributed by atoms with E-state index in [9.17, 15) is 14.4 Å². The highest BCUT2D eigenvalue weighted by molar-refractivity contribution is 5.97. The smallest absolute Gasteiger partial charge is 0.247 e. The summed E-state index contributed by atoms with van der Waals surface area (Å²) in [5, 5.41) is 5.21. The second kappa shape index (κ2) is 9.54. The molecule has 29 heavy (non-hydrogen) atoms. The minimum Gasteiger partial charge on any atom is -0.497 e. The molecule has 4 N–H and O–H groups in total. The molecule has 0 spiro atoms. The third kappa shape index (κ3) is 5.68. The fraction of sp³-hybridized carbons (Fsp3) is 0.227. The highest BCUT2D eigenvalue weighted by Crippen LogP contribution is 2.20. The van der Waals surface area contributed by atoms with Crippen molar-refractivity contribution in [3.63, 3.8) is 0 Å². The van der Waals surface area contributed by atoms with Crippen molar-refractivity contribution in [1.29, 1.82) is 0 Å². The Morgan fingerprint density at radius 3 is 2.24 bits per heavy atom. The zero-order valence-electron chi connectivity index (χ0n) is 16.6. The summed E-state index contributed by atoms with van der Waals surface area (Å²) in [6.45, 7) is 3.06. The highest BCUT2D eigenvalue weighted by atomic mass is 16.5. The number of nitrogens with two attached hydrogens (primary N) is 1. The number of hydrogen-bond donors (Lipinski definition) is 3. The number of benzene rings is 2. The van der Waals surface area contributed by atoms with Gasteiger partial charge in [0.15, 0.2) is 0 Å². The van der Waals surface area contributed by atoms with Crippen molar-refractivity contribution >= 4 is 23.8 Å². The van der Waals surface area contributed by atoms with Crippen molar-refractivity contribution < 1.29 is 19.1 Å². The Kier molecular flexibility index (Phi) is 7.14. The Labute approximate surface area is 169 Å². The zero-order chi connectivity index (χ0) is 21.4. The topological polar surface area (TPSA) is 111 Å². The normalized spacial score (nSPS) is 13.9. The second-order valence-electron chi connectivity index (χ2n) is 6.68. The molecule has 7 nitrogen and oxygen atoms in total. The van der Waals surface area contributed by atoms with E-state index >= 15 is 0 Å². The lowest BCUT2D eigenvalue weighted by atomic mass is 9.91. The molecule has 0 radical (unpaired) electrons. The van der Waals surface area contributed by atoms with Gasteiger partial charge in [0.1, 0.15) is 17.3 Å². The molecule has 0 aliphatic carbocycles. The van der Waals surface area contributed by atoms with Crippen LogP contribution in [0.3, 0.4) is 0 Å². The molecule has 0 aromatic heterocycles. The maximum absolute atomic E-state index is 12.5. The third-order valence-electron chi connectivity index (χ3n) is 4.51. The van der Waals surface area contributed by atoms with E-state index in [-0.39, 0.29) is 0 Å². The lowest BCUT2D eigenvalue weighted by Gasteiger charge is -2.29. The molecule has 7 heteroatoms. The predicted molar refractivity (Wildman–Crippen MR) is 111 cm³/mol. The van der Waals surface area contributed by atoms with Crippen LogP contribution in [0.2, 0.25) is 0 Å². The van der Waals surface area contributed by atoms with Gasteiger partial charge >= 0.3 is 0 Å². The van der Waals surface area contributed by atoms with Crippen LogP contribution in [0.25, 0.3) is 6.08 Å². The van der Waals surface area contributed by atoms with E-state index in [1.165, 1.54) is 19.9 Å². The van der Waals surface area contributed by atoms with Gasteiger partial charge in [-0.15, -0.1) is 0 Å². The second-order valence-corrected chi connectivity index (χ2v) is 6.68. The van der Waals surface area contributed by atoms with Crippen LogP contribution in [-0.2, 0) is 19.9 Å². The van der Waals surface area contributed by atoms with E-state index < -0.39 is 29.3 Å². The first kappa shape index (κ1) is 21.7. The van der Waals surface area contributed by atoms with Crippen LogP contribution in [0.5, 0.6) is 5.75 Å². The Balaban J connectivity index is 2.00. The average molecular weight is 395 g/mol. The van der Waals surface area contributed by atoms with E-state index in [0.29, 0.717) is 11.3 Å². The molecular weight excluding hydrogens is 370 g/mol. The van der Waals surface area contributed by atoms with Gasteiger partial charge in [-0.3, -0.25) is 14.4 Å². The van der Waals surface area contributed by atoms with Crippen LogP contribution in [-0.4, -0.2) is 30.9 Å². The summed E-state index contributed by atoms with van der Waals surface area (Å²) >= 11 is 0. The monoisotopic (exact) mass is 395 g/mol. The quantitative estimate of drug-likeness (QED) is 0.591. The van der Waals surface area contributed by atoms with Gasteiger partial charge in [-0.05, 0) is 43.2 Å². The number of rotatable bonds is 8. The Morgan fingerprint density at radius 1 is 1.07 bits per heavy atom. The van der Waals surface area contributed by atoms with E-state index in [1.54, 1.807) is 67.8 Å². The largest absolute Gasteiger partial charge is 0.497 e. The summed E-state index contributed by atoms with van der Waals surface area (Å²) in [5.74, 6) is -0.951. The van der Waals surface area contributed by atoms with Crippen molar-refractivity contribution in [2.45, 2.75) is 25.4 Å². The van der Waals surface area contributed by atoms with Gasteiger partial charge in [-0.25, -0.2) is 0 Å². The SMILES string of the molecule is COc1ccc(/C=C\C(=O)N[C@H](C)C(=O)N[C@](C)(C(N)=O)c2ccccc2)cc1. The minimum atomic E-state index is -1.39.